The summed E-state index contributed by atoms with van der Waals surface area (Å²) in [5.74, 6) is 1.43. The van der Waals surface area contributed by atoms with Crippen LogP contribution in [0.3, 0.4) is 0 Å². The van der Waals surface area contributed by atoms with Gasteiger partial charge in [-0.15, -0.1) is 0 Å². The predicted molar refractivity (Wildman–Crippen MR) is 114 cm³/mol. The molecule has 0 amide bonds. The highest BCUT2D eigenvalue weighted by Crippen LogP contribution is 2.31. The topological polar surface area (TPSA) is 101 Å². The number of nitrogens with one attached hydrogen (secondary N) is 3. The highest BCUT2D eigenvalue weighted by atomic mass is 32.2. The van der Waals surface area contributed by atoms with Crippen LogP contribution >= 0.6 is 0 Å². The van der Waals surface area contributed by atoms with Gasteiger partial charge in [-0.1, -0.05) is 18.2 Å². The number of sulfonamides is 1. The molecule has 29 heavy (non-hydrogen) atoms. The molecule has 3 N–H and O–H groups in total. The van der Waals surface area contributed by atoms with E-state index in [2.05, 4.69) is 20.3 Å². The number of rotatable bonds is 8. The SMILES string of the molecule is CCNC(=NCCS(=O)(=O)NCC1CCCCO1)NC1CCOc2ccccc21. The minimum absolute atomic E-state index is 0.0189. The van der Waals surface area contributed by atoms with Gasteiger partial charge in [0.2, 0.25) is 10.0 Å². The molecule has 0 spiro atoms. The Balaban J connectivity index is 1.52. The molecule has 0 radical (unpaired) electrons. The largest absolute Gasteiger partial charge is 0.493 e. The van der Waals surface area contributed by atoms with E-state index in [-0.39, 0.29) is 24.4 Å². The summed E-state index contributed by atoms with van der Waals surface area (Å²) in [5, 5.41) is 6.60. The lowest BCUT2D eigenvalue weighted by Gasteiger charge is -2.28. The molecule has 8 nitrogen and oxygen atoms in total. The highest BCUT2D eigenvalue weighted by molar-refractivity contribution is 7.89. The van der Waals surface area contributed by atoms with Crippen LogP contribution in [0.25, 0.3) is 0 Å². The molecule has 1 aromatic carbocycles. The van der Waals surface area contributed by atoms with Gasteiger partial charge in [0.15, 0.2) is 5.96 Å². The van der Waals surface area contributed by atoms with Crippen molar-refractivity contribution < 1.29 is 17.9 Å². The van der Waals surface area contributed by atoms with E-state index in [1.54, 1.807) is 0 Å². The number of nitrogens with zero attached hydrogens (tertiary/aromatic N) is 1. The second kappa shape index (κ2) is 10.8. The van der Waals surface area contributed by atoms with E-state index < -0.39 is 10.0 Å². The number of hydrogen-bond acceptors (Lipinski definition) is 5. The molecule has 2 unspecified atom stereocenters. The van der Waals surface area contributed by atoms with Crippen molar-refractivity contribution >= 4 is 16.0 Å². The molecule has 9 heteroatoms. The molecule has 2 aliphatic heterocycles. The molecule has 0 aromatic heterocycles. The van der Waals surface area contributed by atoms with Gasteiger partial charge >= 0.3 is 0 Å². The highest BCUT2D eigenvalue weighted by Gasteiger charge is 2.22. The number of ether oxygens (including phenoxy) is 2. The first-order chi connectivity index (χ1) is 14.1. The van der Waals surface area contributed by atoms with E-state index in [0.29, 0.717) is 32.3 Å². The number of guanidine groups is 1. The molecule has 0 saturated carbocycles. The average molecular weight is 425 g/mol. The molecule has 3 rings (SSSR count). The fraction of sp³-hybridized carbons (Fsp3) is 0.650. The van der Waals surface area contributed by atoms with E-state index in [0.717, 1.165) is 37.0 Å². The second-order valence-electron chi connectivity index (χ2n) is 7.29. The zero-order valence-electron chi connectivity index (χ0n) is 17.0. The van der Waals surface area contributed by atoms with E-state index in [1.807, 2.05) is 31.2 Å². The Labute approximate surface area is 173 Å². The molecular formula is C20H32N4O4S. The Morgan fingerprint density at radius 2 is 2.07 bits per heavy atom. The van der Waals surface area contributed by atoms with Crippen molar-refractivity contribution in [3.8, 4) is 5.75 Å². The van der Waals surface area contributed by atoms with E-state index >= 15 is 0 Å². The Hall–Kier alpha value is -1.84. The third-order valence-electron chi connectivity index (χ3n) is 5.05. The Morgan fingerprint density at radius 3 is 2.86 bits per heavy atom. The minimum atomic E-state index is -3.39. The van der Waals surface area contributed by atoms with Gasteiger partial charge < -0.3 is 20.1 Å². The normalized spacial score (nSPS) is 22.4. The summed E-state index contributed by atoms with van der Waals surface area (Å²) in [6, 6.07) is 8.02. The standard InChI is InChI=1S/C20H32N4O4S/c1-2-21-20(24-18-10-13-28-19-9-4-3-8-17(18)19)22-11-14-29(25,26)23-15-16-7-5-6-12-27-16/h3-4,8-9,16,18,23H,2,5-7,10-15H2,1H3,(H2,21,22,24). The average Bonchev–Trinajstić information content (AvgIpc) is 2.73. The van der Waals surface area contributed by atoms with Crippen LogP contribution in [-0.2, 0) is 14.8 Å². The van der Waals surface area contributed by atoms with Crippen molar-refractivity contribution in [1.29, 1.82) is 0 Å². The maximum Gasteiger partial charge on any atom is 0.213 e. The lowest BCUT2D eigenvalue weighted by Crippen LogP contribution is -2.41. The summed E-state index contributed by atoms with van der Waals surface area (Å²) in [6.45, 7) is 4.54. The van der Waals surface area contributed by atoms with Crippen LogP contribution < -0.4 is 20.1 Å². The molecule has 0 bridgehead atoms. The van der Waals surface area contributed by atoms with Crippen molar-refractivity contribution in [2.24, 2.45) is 4.99 Å². The van der Waals surface area contributed by atoms with Crippen molar-refractivity contribution in [3.05, 3.63) is 29.8 Å². The van der Waals surface area contributed by atoms with E-state index in [9.17, 15) is 8.42 Å². The van der Waals surface area contributed by atoms with Gasteiger partial charge in [-0.2, -0.15) is 0 Å². The molecule has 1 aromatic rings. The first-order valence-electron chi connectivity index (χ1n) is 10.4. The van der Waals surface area contributed by atoms with Crippen LogP contribution in [0.2, 0.25) is 0 Å². The Bertz CT molecular complexity index is 778. The van der Waals surface area contributed by atoms with Crippen molar-refractivity contribution in [2.45, 2.75) is 44.8 Å². The number of benzene rings is 1. The predicted octanol–water partition coefficient (Wildman–Crippen LogP) is 1.55. The maximum absolute atomic E-state index is 12.3. The molecule has 0 aliphatic carbocycles. The zero-order chi connectivity index (χ0) is 20.5. The summed E-state index contributed by atoms with van der Waals surface area (Å²) in [6.07, 6.45) is 3.85. The molecule has 1 saturated heterocycles. The van der Waals surface area contributed by atoms with Gasteiger partial charge in [0, 0.05) is 31.7 Å². The first kappa shape index (κ1) is 21.9. The monoisotopic (exact) mass is 424 g/mol. The summed E-state index contributed by atoms with van der Waals surface area (Å²) < 4.78 is 38.5. The fourth-order valence-electron chi connectivity index (χ4n) is 3.52. The minimum Gasteiger partial charge on any atom is -0.493 e. The quantitative estimate of drug-likeness (QED) is 0.432. The van der Waals surface area contributed by atoms with Crippen LogP contribution in [-0.4, -0.2) is 59.1 Å². The van der Waals surface area contributed by atoms with Crippen LogP contribution in [0.5, 0.6) is 5.75 Å². The van der Waals surface area contributed by atoms with Crippen LogP contribution in [0, 0.1) is 0 Å². The van der Waals surface area contributed by atoms with Crippen molar-refractivity contribution in [2.75, 3.05) is 38.6 Å². The summed E-state index contributed by atoms with van der Waals surface area (Å²) in [4.78, 5) is 4.46. The summed E-state index contributed by atoms with van der Waals surface area (Å²) in [5.41, 5.74) is 1.09. The van der Waals surface area contributed by atoms with Crippen molar-refractivity contribution in [1.82, 2.24) is 15.4 Å². The zero-order valence-corrected chi connectivity index (χ0v) is 17.8. The Kier molecular flexibility index (Phi) is 8.14. The first-order valence-corrected chi connectivity index (χ1v) is 12.1. The molecule has 2 aliphatic rings. The second-order valence-corrected chi connectivity index (χ2v) is 9.21. The lowest BCUT2D eigenvalue weighted by molar-refractivity contribution is 0.0200. The number of para-hydroxylation sites is 1. The third-order valence-corrected chi connectivity index (χ3v) is 6.38. The Morgan fingerprint density at radius 1 is 1.21 bits per heavy atom. The summed E-state index contributed by atoms with van der Waals surface area (Å²) in [7, 11) is -3.39. The maximum atomic E-state index is 12.3. The van der Waals surface area contributed by atoms with Gasteiger partial charge in [-0.05, 0) is 32.3 Å². The smallest absolute Gasteiger partial charge is 0.213 e. The van der Waals surface area contributed by atoms with Gasteiger partial charge in [-0.3, -0.25) is 4.99 Å². The number of hydrogen-bond donors (Lipinski definition) is 3. The third kappa shape index (κ3) is 6.87. The van der Waals surface area contributed by atoms with Crippen LogP contribution in [0.4, 0.5) is 0 Å². The van der Waals surface area contributed by atoms with Crippen molar-refractivity contribution in [3.63, 3.8) is 0 Å². The van der Waals surface area contributed by atoms with Gasteiger partial charge in [0.1, 0.15) is 5.75 Å². The number of fused-ring (bicyclic) bond motifs is 1. The summed E-state index contributed by atoms with van der Waals surface area (Å²) >= 11 is 0. The van der Waals surface area contributed by atoms with Gasteiger partial charge in [0.25, 0.3) is 0 Å². The molecule has 2 heterocycles. The lowest BCUT2D eigenvalue weighted by atomic mass is 10.0. The molecule has 1 fully saturated rings. The van der Waals surface area contributed by atoms with E-state index in [4.69, 9.17) is 9.47 Å². The van der Waals surface area contributed by atoms with Gasteiger partial charge in [-0.25, -0.2) is 13.1 Å². The molecule has 162 valence electrons. The number of aliphatic imine (C=N–C) groups is 1. The fourth-order valence-corrected chi connectivity index (χ4v) is 4.43. The van der Waals surface area contributed by atoms with Crippen LogP contribution in [0.15, 0.2) is 29.3 Å². The molecule has 2 atom stereocenters. The van der Waals surface area contributed by atoms with Gasteiger partial charge in [0.05, 0.1) is 31.1 Å². The van der Waals surface area contributed by atoms with E-state index in [1.165, 1.54) is 0 Å². The van der Waals surface area contributed by atoms with Crippen LogP contribution in [0.1, 0.15) is 44.2 Å². The molecular weight excluding hydrogens is 392 g/mol.